The summed E-state index contributed by atoms with van der Waals surface area (Å²) in [7, 11) is 1.95. The molecule has 0 amide bonds. The van der Waals surface area contributed by atoms with Gasteiger partial charge in [-0.05, 0) is 36.9 Å². The largest absolute Gasteiger partial charge is 0.491 e. The van der Waals surface area contributed by atoms with E-state index in [0.29, 0.717) is 18.7 Å². The van der Waals surface area contributed by atoms with E-state index in [1.807, 2.05) is 48.3 Å². The van der Waals surface area contributed by atoms with Crippen molar-refractivity contribution in [3.05, 3.63) is 51.2 Å². The molecule has 4 nitrogen and oxygen atoms in total. The van der Waals surface area contributed by atoms with Gasteiger partial charge in [-0.1, -0.05) is 23.7 Å². The van der Waals surface area contributed by atoms with Gasteiger partial charge in [0, 0.05) is 18.0 Å². The van der Waals surface area contributed by atoms with Gasteiger partial charge in [-0.15, -0.1) is 11.3 Å². The summed E-state index contributed by atoms with van der Waals surface area (Å²) in [5, 5.41) is 18.7. The van der Waals surface area contributed by atoms with Crippen molar-refractivity contribution in [2.45, 2.75) is 19.1 Å². The number of hydrogen-bond acceptors (Lipinski definition) is 5. The molecule has 0 bridgehead atoms. The molecule has 1 aromatic carbocycles. The third-order valence-corrected chi connectivity index (χ3v) is 4.44. The molecule has 1 N–H and O–H groups in total. The number of rotatable bonds is 8. The van der Waals surface area contributed by atoms with Crippen LogP contribution in [0.25, 0.3) is 0 Å². The summed E-state index contributed by atoms with van der Waals surface area (Å²) in [6, 6.07) is 13.3. The smallest absolute Gasteiger partial charge is 0.119 e. The van der Waals surface area contributed by atoms with Gasteiger partial charge in [0.2, 0.25) is 0 Å². The number of ether oxygens (including phenoxy) is 1. The standard InChI is InChI=1S/C17H19ClN2O2S/c1-20(11-16-6-7-17(18)23-16)10-14(21)12-22-15-4-2-13(3-5-15)8-9-19/h2-7,14,21H,8,10-12H2,1H3. The Morgan fingerprint density at radius 3 is 2.65 bits per heavy atom. The monoisotopic (exact) mass is 350 g/mol. The topological polar surface area (TPSA) is 56.5 Å². The van der Waals surface area contributed by atoms with Crippen molar-refractivity contribution in [2.75, 3.05) is 20.2 Å². The molecule has 0 spiro atoms. The predicted molar refractivity (Wildman–Crippen MR) is 92.9 cm³/mol. The van der Waals surface area contributed by atoms with Gasteiger partial charge >= 0.3 is 0 Å². The van der Waals surface area contributed by atoms with E-state index in [1.54, 1.807) is 11.3 Å². The van der Waals surface area contributed by atoms with Crippen LogP contribution in [0, 0.1) is 11.3 Å². The third-order valence-electron chi connectivity index (χ3n) is 3.23. The van der Waals surface area contributed by atoms with Crippen LogP contribution in [0.2, 0.25) is 4.34 Å². The fourth-order valence-electron chi connectivity index (χ4n) is 2.17. The summed E-state index contributed by atoms with van der Waals surface area (Å²) in [4.78, 5) is 3.20. The average molecular weight is 351 g/mol. The average Bonchev–Trinajstić information content (AvgIpc) is 2.91. The lowest BCUT2D eigenvalue weighted by Crippen LogP contribution is -2.32. The molecule has 1 heterocycles. The highest BCUT2D eigenvalue weighted by atomic mass is 35.5. The highest BCUT2D eigenvalue weighted by Crippen LogP contribution is 2.22. The number of aliphatic hydroxyl groups is 1. The van der Waals surface area contributed by atoms with Gasteiger partial charge in [-0.2, -0.15) is 5.26 Å². The van der Waals surface area contributed by atoms with Crippen molar-refractivity contribution in [1.82, 2.24) is 4.90 Å². The van der Waals surface area contributed by atoms with Crippen molar-refractivity contribution >= 4 is 22.9 Å². The van der Waals surface area contributed by atoms with E-state index in [-0.39, 0.29) is 6.61 Å². The fourth-order valence-corrected chi connectivity index (χ4v) is 3.33. The lowest BCUT2D eigenvalue weighted by molar-refractivity contribution is 0.0746. The number of nitriles is 1. The Morgan fingerprint density at radius 1 is 1.30 bits per heavy atom. The molecule has 0 fully saturated rings. The Bertz CT molecular complexity index is 651. The molecule has 0 aliphatic rings. The van der Waals surface area contributed by atoms with Crippen LogP contribution in [0.4, 0.5) is 0 Å². The minimum atomic E-state index is -0.575. The van der Waals surface area contributed by atoms with Crippen molar-refractivity contribution in [2.24, 2.45) is 0 Å². The van der Waals surface area contributed by atoms with Crippen LogP contribution in [-0.2, 0) is 13.0 Å². The van der Waals surface area contributed by atoms with Crippen molar-refractivity contribution in [3.63, 3.8) is 0 Å². The number of aliphatic hydroxyl groups excluding tert-OH is 1. The Kier molecular flexibility index (Phi) is 6.87. The maximum Gasteiger partial charge on any atom is 0.119 e. The van der Waals surface area contributed by atoms with Crippen LogP contribution in [0.5, 0.6) is 5.75 Å². The summed E-state index contributed by atoms with van der Waals surface area (Å²) in [6.07, 6.45) is -0.185. The van der Waals surface area contributed by atoms with E-state index in [2.05, 4.69) is 6.07 Å². The van der Waals surface area contributed by atoms with Gasteiger partial charge in [-0.3, -0.25) is 4.90 Å². The lowest BCUT2D eigenvalue weighted by atomic mass is 10.2. The normalized spacial score (nSPS) is 12.1. The fraction of sp³-hybridized carbons (Fsp3) is 0.353. The van der Waals surface area contributed by atoms with Gasteiger partial charge < -0.3 is 9.84 Å². The molecule has 1 unspecified atom stereocenters. The molecule has 23 heavy (non-hydrogen) atoms. The van der Waals surface area contributed by atoms with Crippen LogP contribution >= 0.6 is 22.9 Å². The van der Waals surface area contributed by atoms with Crippen molar-refractivity contribution < 1.29 is 9.84 Å². The number of hydrogen-bond donors (Lipinski definition) is 1. The second-order valence-corrected chi connectivity index (χ2v) is 7.15. The molecule has 0 saturated heterocycles. The molecule has 2 aromatic rings. The zero-order valence-corrected chi connectivity index (χ0v) is 14.5. The minimum Gasteiger partial charge on any atom is -0.491 e. The summed E-state index contributed by atoms with van der Waals surface area (Å²) in [5.74, 6) is 0.693. The maximum atomic E-state index is 10.1. The molecular formula is C17H19ClN2O2S. The number of halogens is 1. The van der Waals surface area contributed by atoms with Crippen LogP contribution in [0.15, 0.2) is 36.4 Å². The van der Waals surface area contributed by atoms with Gasteiger partial charge in [0.15, 0.2) is 0 Å². The van der Waals surface area contributed by atoms with Crippen LogP contribution in [0.3, 0.4) is 0 Å². The SMILES string of the molecule is CN(Cc1ccc(Cl)s1)CC(O)COc1ccc(CC#N)cc1. The van der Waals surface area contributed by atoms with Crippen LogP contribution in [-0.4, -0.2) is 36.3 Å². The molecule has 0 aliphatic carbocycles. The number of nitrogens with zero attached hydrogens (tertiary/aromatic N) is 2. The predicted octanol–water partition coefficient (Wildman–Crippen LogP) is 3.34. The highest BCUT2D eigenvalue weighted by Gasteiger charge is 2.10. The first-order valence-corrected chi connectivity index (χ1v) is 8.46. The number of thiophene rings is 1. The molecule has 6 heteroatoms. The van der Waals surface area contributed by atoms with Gasteiger partial charge in [0.05, 0.1) is 16.8 Å². The molecule has 0 saturated carbocycles. The first-order chi connectivity index (χ1) is 11.1. The highest BCUT2D eigenvalue weighted by molar-refractivity contribution is 7.16. The lowest BCUT2D eigenvalue weighted by Gasteiger charge is -2.20. The third kappa shape index (κ3) is 6.20. The zero-order valence-electron chi connectivity index (χ0n) is 12.9. The maximum absolute atomic E-state index is 10.1. The van der Waals surface area contributed by atoms with E-state index in [9.17, 15) is 5.11 Å². The Morgan fingerprint density at radius 2 is 2.04 bits per heavy atom. The van der Waals surface area contributed by atoms with E-state index in [1.165, 1.54) is 4.88 Å². The molecule has 0 aliphatic heterocycles. The summed E-state index contributed by atoms with van der Waals surface area (Å²) < 4.78 is 6.35. The van der Waals surface area contributed by atoms with Crippen molar-refractivity contribution in [1.29, 1.82) is 5.26 Å². The Labute approximate surface area is 145 Å². The second kappa shape index (κ2) is 8.90. The van der Waals surface area contributed by atoms with Gasteiger partial charge in [-0.25, -0.2) is 0 Å². The molecule has 0 radical (unpaired) electrons. The zero-order chi connectivity index (χ0) is 16.7. The quantitative estimate of drug-likeness (QED) is 0.793. The summed E-state index contributed by atoms with van der Waals surface area (Å²) >= 11 is 7.46. The first kappa shape index (κ1) is 17.8. The second-order valence-electron chi connectivity index (χ2n) is 5.35. The van der Waals surface area contributed by atoms with Crippen molar-refractivity contribution in [3.8, 4) is 11.8 Å². The molecule has 1 atom stereocenters. The molecular weight excluding hydrogens is 332 g/mol. The molecule has 2 rings (SSSR count). The van der Waals surface area contributed by atoms with Crippen LogP contribution < -0.4 is 4.74 Å². The molecule has 1 aromatic heterocycles. The van der Waals surface area contributed by atoms with E-state index < -0.39 is 6.10 Å². The number of benzene rings is 1. The Hall–Kier alpha value is -1.58. The van der Waals surface area contributed by atoms with E-state index >= 15 is 0 Å². The first-order valence-electron chi connectivity index (χ1n) is 7.26. The van der Waals surface area contributed by atoms with Crippen LogP contribution in [0.1, 0.15) is 10.4 Å². The summed E-state index contributed by atoms with van der Waals surface area (Å²) in [5.41, 5.74) is 0.953. The van der Waals surface area contributed by atoms with Gasteiger partial charge in [0.1, 0.15) is 18.5 Å². The van der Waals surface area contributed by atoms with E-state index in [0.717, 1.165) is 16.4 Å². The number of likely N-dealkylation sites (N-methyl/N-ethyl adjacent to an activating group) is 1. The summed E-state index contributed by atoms with van der Waals surface area (Å²) in [6.45, 7) is 1.49. The minimum absolute atomic E-state index is 0.229. The Balaban J connectivity index is 1.73. The van der Waals surface area contributed by atoms with Gasteiger partial charge in [0.25, 0.3) is 0 Å². The van der Waals surface area contributed by atoms with E-state index in [4.69, 9.17) is 21.6 Å². The molecule has 122 valence electrons.